The van der Waals surface area contributed by atoms with Crippen LogP contribution in [-0.2, 0) is 0 Å². The summed E-state index contributed by atoms with van der Waals surface area (Å²) in [6.07, 6.45) is 4.46. The van der Waals surface area contributed by atoms with Crippen LogP contribution in [-0.4, -0.2) is 0 Å². The predicted molar refractivity (Wildman–Crippen MR) is 76.2 cm³/mol. The van der Waals surface area contributed by atoms with E-state index in [1.807, 2.05) is 0 Å². The van der Waals surface area contributed by atoms with E-state index in [1.54, 1.807) is 6.42 Å². The lowest BCUT2D eigenvalue weighted by Gasteiger charge is -2.82. The fraction of sp³-hybridized carbons (Fsp3) is 1.00. The lowest BCUT2D eigenvalue weighted by atomic mass is 9.22. The van der Waals surface area contributed by atoms with Crippen LogP contribution < -0.4 is 0 Å². The van der Waals surface area contributed by atoms with Crippen LogP contribution in [0.3, 0.4) is 0 Å². The summed E-state index contributed by atoms with van der Waals surface area (Å²) in [7, 11) is 0. The predicted octanol–water partition coefficient (Wildman–Crippen LogP) is 5.13. The molecule has 0 aromatic rings. The van der Waals surface area contributed by atoms with Crippen LogP contribution in [0, 0.1) is 44.8 Å². The highest BCUT2D eigenvalue weighted by atomic mass is 15.0. The van der Waals surface area contributed by atoms with E-state index >= 15 is 0 Å². The van der Waals surface area contributed by atoms with Crippen molar-refractivity contribution in [3.05, 3.63) is 0 Å². The molecular weight excluding hydrogens is 216 g/mol. The highest BCUT2D eigenvalue weighted by molar-refractivity contribution is 5.41. The van der Waals surface area contributed by atoms with Gasteiger partial charge in [-0.25, -0.2) is 0 Å². The van der Waals surface area contributed by atoms with E-state index in [-0.39, 0.29) is 0 Å². The first-order valence-electron chi connectivity index (χ1n) is 8.17. The van der Waals surface area contributed by atoms with Crippen molar-refractivity contribution in [2.24, 2.45) is 44.8 Å². The van der Waals surface area contributed by atoms with Crippen molar-refractivity contribution < 1.29 is 0 Å². The molecule has 8 atom stereocenters. The van der Waals surface area contributed by atoms with Gasteiger partial charge in [-0.3, -0.25) is 0 Å². The Morgan fingerprint density at radius 2 is 1.67 bits per heavy atom. The molecule has 0 aromatic heterocycles. The average molecular weight is 246 g/mol. The van der Waals surface area contributed by atoms with Crippen LogP contribution >= 0.6 is 0 Å². The van der Waals surface area contributed by atoms with Crippen molar-refractivity contribution >= 4 is 0 Å². The van der Waals surface area contributed by atoms with Gasteiger partial charge in [0.1, 0.15) is 0 Å². The van der Waals surface area contributed by atoms with Gasteiger partial charge in [-0.05, 0) is 64.1 Å². The van der Waals surface area contributed by atoms with Gasteiger partial charge in [0, 0.05) is 0 Å². The fourth-order valence-corrected chi connectivity index (χ4v) is 9.11. The third kappa shape index (κ3) is 0.592. The molecule has 6 rings (SSSR count). The maximum atomic E-state index is 2.69. The molecule has 102 valence electrons. The van der Waals surface area contributed by atoms with E-state index in [0.29, 0.717) is 27.1 Å². The van der Waals surface area contributed by atoms with Crippen LogP contribution in [0.2, 0.25) is 0 Å². The minimum absolute atomic E-state index is 0.571. The Morgan fingerprint density at radius 1 is 1.06 bits per heavy atom. The normalized spacial score (nSPS) is 75.8. The molecule has 0 amide bonds. The summed E-state index contributed by atoms with van der Waals surface area (Å²) >= 11 is 0. The molecule has 0 aromatic carbocycles. The van der Waals surface area contributed by atoms with Gasteiger partial charge in [-0.2, -0.15) is 0 Å². The van der Waals surface area contributed by atoms with Gasteiger partial charge in [-0.1, -0.05) is 48.5 Å². The molecule has 0 saturated heterocycles. The highest BCUT2D eigenvalue weighted by Crippen LogP contribution is 2.99. The molecule has 6 fully saturated rings. The Labute approximate surface area is 113 Å². The summed E-state index contributed by atoms with van der Waals surface area (Å²) in [5, 5.41) is 0. The second-order valence-electron chi connectivity index (χ2n) is 9.16. The van der Waals surface area contributed by atoms with Gasteiger partial charge in [0.05, 0.1) is 0 Å². The molecule has 0 heterocycles. The maximum Gasteiger partial charge on any atom is -0.0150 e. The molecule has 18 heavy (non-hydrogen) atoms. The molecule has 0 heteroatoms. The van der Waals surface area contributed by atoms with Crippen LogP contribution in [0.15, 0.2) is 0 Å². The van der Waals surface area contributed by atoms with Crippen molar-refractivity contribution in [3.8, 4) is 0 Å². The van der Waals surface area contributed by atoms with Crippen LogP contribution in [0.25, 0.3) is 0 Å². The van der Waals surface area contributed by atoms with Crippen LogP contribution in [0.1, 0.15) is 67.7 Å². The topological polar surface area (TPSA) is 0 Å². The third-order valence-electron chi connectivity index (χ3n) is 10.5. The minimum Gasteiger partial charge on any atom is -0.0648 e. The fourth-order valence-electron chi connectivity index (χ4n) is 9.11. The summed E-state index contributed by atoms with van der Waals surface area (Å²) < 4.78 is 0. The van der Waals surface area contributed by atoms with Gasteiger partial charge in [-0.15, -0.1) is 0 Å². The third-order valence-corrected chi connectivity index (χ3v) is 10.5. The van der Waals surface area contributed by atoms with Gasteiger partial charge >= 0.3 is 0 Å². The van der Waals surface area contributed by atoms with E-state index in [9.17, 15) is 0 Å². The second-order valence-corrected chi connectivity index (χ2v) is 9.16. The summed E-state index contributed by atoms with van der Waals surface area (Å²) in [4.78, 5) is 0. The summed E-state index contributed by atoms with van der Waals surface area (Å²) in [6, 6.07) is 0. The zero-order chi connectivity index (χ0) is 13.4. The summed E-state index contributed by atoms with van der Waals surface area (Å²) in [5.74, 6) is 2.89. The molecule has 6 aliphatic rings. The Morgan fingerprint density at radius 3 is 2.22 bits per heavy atom. The SMILES string of the molecule is CCC1(C)C2(C)C3CC4(CC(C)(C3C)C41C)C2C. The Kier molecular flexibility index (Phi) is 1.62. The minimum atomic E-state index is 0.571. The van der Waals surface area contributed by atoms with Crippen LogP contribution in [0.5, 0.6) is 0 Å². The largest absolute Gasteiger partial charge is 0.0648 e. The molecule has 1 spiro atoms. The van der Waals surface area contributed by atoms with E-state index in [0.717, 1.165) is 17.8 Å². The first kappa shape index (κ1) is 11.8. The maximum absolute atomic E-state index is 2.69. The van der Waals surface area contributed by atoms with Crippen molar-refractivity contribution in [1.29, 1.82) is 0 Å². The standard InChI is InChI=1S/C18H30/c1-8-15(5)16(6)12(3)18-9-13(16)11(2)14(4,10-18)17(15,18)7/h11-13H,8-10H2,1-7H3. The lowest BCUT2D eigenvalue weighted by Crippen LogP contribution is -2.76. The molecule has 0 aliphatic heterocycles. The van der Waals surface area contributed by atoms with Gasteiger partial charge in [0.15, 0.2) is 0 Å². The number of hydrogen-bond donors (Lipinski definition) is 0. The monoisotopic (exact) mass is 246 g/mol. The smallest absolute Gasteiger partial charge is 0.0150 e. The molecule has 6 saturated carbocycles. The lowest BCUT2D eigenvalue weighted by molar-refractivity contribution is -0.344. The summed E-state index contributed by atoms with van der Waals surface area (Å²) in [6.45, 7) is 18.3. The molecule has 8 unspecified atom stereocenters. The molecule has 5 bridgehead atoms. The van der Waals surface area contributed by atoms with Crippen molar-refractivity contribution in [3.63, 3.8) is 0 Å². The Balaban J connectivity index is 2.07. The van der Waals surface area contributed by atoms with Gasteiger partial charge < -0.3 is 0 Å². The van der Waals surface area contributed by atoms with E-state index < -0.39 is 0 Å². The van der Waals surface area contributed by atoms with E-state index in [2.05, 4.69) is 48.5 Å². The summed E-state index contributed by atoms with van der Waals surface area (Å²) in [5.41, 5.74) is 3.11. The van der Waals surface area contributed by atoms with Gasteiger partial charge in [0.2, 0.25) is 0 Å². The quantitative estimate of drug-likeness (QED) is 0.601. The van der Waals surface area contributed by atoms with Gasteiger partial charge in [0.25, 0.3) is 0 Å². The van der Waals surface area contributed by atoms with E-state index in [1.165, 1.54) is 12.8 Å². The highest BCUT2D eigenvalue weighted by Gasteiger charge is 2.94. The van der Waals surface area contributed by atoms with Crippen molar-refractivity contribution in [2.45, 2.75) is 67.7 Å². The average Bonchev–Trinajstić information content (AvgIpc) is 2.59. The first-order chi connectivity index (χ1) is 8.17. The zero-order valence-corrected chi connectivity index (χ0v) is 13.4. The Hall–Kier alpha value is 0. The van der Waals surface area contributed by atoms with Crippen molar-refractivity contribution in [2.75, 3.05) is 0 Å². The molecule has 0 nitrogen and oxygen atoms in total. The first-order valence-corrected chi connectivity index (χ1v) is 8.17. The molecule has 0 N–H and O–H groups in total. The Bertz CT molecular complexity index is 447. The van der Waals surface area contributed by atoms with Crippen LogP contribution in [0.4, 0.5) is 0 Å². The number of hydrogen-bond acceptors (Lipinski definition) is 0. The molecular formula is C18H30. The zero-order valence-electron chi connectivity index (χ0n) is 13.4. The molecule has 6 aliphatic carbocycles. The number of rotatable bonds is 1. The molecule has 0 radical (unpaired) electrons. The van der Waals surface area contributed by atoms with Crippen molar-refractivity contribution in [1.82, 2.24) is 0 Å². The second kappa shape index (κ2) is 2.47. The van der Waals surface area contributed by atoms with E-state index in [4.69, 9.17) is 0 Å².